The number of nitrogens with zero attached hydrogens (tertiary/aromatic N) is 4. The van der Waals surface area contributed by atoms with Gasteiger partial charge in [0.15, 0.2) is 0 Å². The van der Waals surface area contributed by atoms with Crippen LogP contribution in [0.2, 0.25) is 0 Å². The van der Waals surface area contributed by atoms with E-state index in [1.165, 1.54) is 17.3 Å². The Labute approximate surface area is 189 Å². The Morgan fingerprint density at radius 2 is 1.94 bits per heavy atom. The number of aryl methyl sites for hydroxylation is 1. The number of hydrogen-bond acceptors (Lipinski definition) is 6. The largest absolute Gasteiger partial charge is 0.344 e. The number of hydrogen-bond donors (Lipinski definition) is 1. The third-order valence-corrected chi connectivity index (χ3v) is 6.93. The van der Waals surface area contributed by atoms with Gasteiger partial charge in [-0.25, -0.2) is 0 Å². The highest BCUT2D eigenvalue weighted by molar-refractivity contribution is 7.99. The molecule has 0 saturated carbocycles. The SMILES string of the molecule is Cc1cccc(-n2nnnc2SCCC(=O)NC(c2ccccc2)c2cccs2)c1C. The summed E-state index contributed by atoms with van der Waals surface area (Å²) in [5, 5.41) is 18.0. The van der Waals surface area contributed by atoms with Gasteiger partial charge in [-0.3, -0.25) is 4.79 Å². The van der Waals surface area contributed by atoms with E-state index in [1.807, 2.05) is 53.9 Å². The number of thioether (sulfide) groups is 1. The molecule has 1 N–H and O–H groups in total. The van der Waals surface area contributed by atoms with Crippen molar-refractivity contribution in [3.8, 4) is 5.69 Å². The van der Waals surface area contributed by atoms with Crippen LogP contribution >= 0.6 is 23.1 Å². The van der Waals surface area contributed by atoms with E-state index in [1.54, 1.807) is 16.0 Å². The van der Waals surface area contributed by atoms with Gasteiger partial charge in [-0.1, -0.05) is 60.3 Å². The van der Waals surface area contributed by atoms with Crippen molar-refractivity contribution < 1.29 is 4.79 Å². The van der Waals surface area contributed by atoms with Gasteiger partial charge >= 0.3 is 0 Å². The predicted octanol–water partition coefficient (Wildman–Crippen LogP) is 4.73. The Bertz CT molecular complexity index is 1140. The van der Waals surface area contributed by atoms with E-state index in [2.05, 4.69) is 46.8 Å². The summed E-state index contributed by atoms with van der Waals surface area (Å²) in [7, 11) is 0. The summed E-state index contributed by atoms with van der Waals surface area (Å²) in [6.07, 6.45) is 0.374. The molecule has 31 heavy (non-hydrogen) atoms. The average molecular weight is 450 g/mol. The monoisotopic (exact) mass is 449 g/mol. The van der Waals surface area contributed by atoms with Gasteiger partial charge in [-0.2, -0.15) is 4.68 Å². The normalized spacial score (nSPS) is 11.9. The van der Waals surface area contributed by atoms with E-state index in [9.17, 15) is 4.79 Å². The Hall–Kier alpha value is -2.97. The summed E-state index contributed by atoms with van der Waals surface area (Å²) in [4.78, 5) is 13.8. The van der Waals surface area contributed by atoms with Gasteiger partial charge in [0.25, 0.3) is 0 Å². The molecule has 1 amide bonds. The molecule has 2 heterocycles. The molecule has 2 aromatic carbocycles. The summed E-state index contributed by atoms with van der Waals surface area (Å²) in [5.41, 5.74) is 4.35. The van der Waals surface area contributed by atoms with Crippen LogP contribution in [-0.4, -0.2) is 31.9 Å². The lowest BCUT2D eigenvalue weighted by Gasteiger charge is -2.18. The maximum atomic E-state index is 12.7. The molecular formula is C23H23N5OS2. The van der Waals surface area contributed by atoms with Crippen molar-refractivity contribution in [1.82, 2.24) is 25.5 Å². The quantitative estimate of drug-likeness (QED) is 0.394. The number of aromatic nitrogens is 4. The first kappa shape index (κ1) is 21.3. The zero-order valence-corrected chi connectivity index (χ0v) is 19.0. The minimum atomic E-state index is -0.140. The zero-order chi connectivity index (χ0) is 21.6. The minimum absolute atomic E-state index is 0.000476. The molecule has 0 saturated heterocycles. The lowest BCUT2D eigenvalue weighted by molar-refractivity contribution is -0.121. The first-order valence-electron chi connectivity index (χ1n) is 9.99. The number of tetrazole rings is 1. The van der Waals surface area contributed by atoms with Crippen LogP contribution in [0.5, 0.6) is 0 Å². The van der Waals surface area contributed by atoms with Gasteiger partial charge < -0.3 is 5.32 Å². The number of rotatable bonds is 8. The second kappa shape index (κ2) is 9.89. The van der Waals surface area contributed by atoms with Crippen LogP contribution in [0.15, 0.2) is 71.2 Å². The van der Waals surface area contributed by atoms with E-state index in [4.69, 9.17) is 0 Å². The van der Waals surface area contributed by atoms with Crippen LogP contribution < -0.4 is 5.32 Å². The van der Waals surface area contributed by atoms with E-state index in [-0.39, 0.29) is 11.9 Å². The van der Waals surface area contributed by atoms with Crippen molar-refractivity contribution in [3.63, 3.8) is 0 Å². The molecule has 0 aliphatic rings. The highest BCUT2D eigenvalue weighted by atomic mass is 32.2. The van der Waals surface area contributed by atoms with Gasteiger partial charge in [0.1, 0.15) is 0 Å². The van der Waals surface area contributed by atoms with Crippen molar-refractivity contribution in [2.75, 3.05) is 5.75 Å². The number of nitrogens with one attached hydrogen (secondary N) is 1. The molecule has 4 aromatic rings. The van der Waals surface area contributed by atoms with E-state index < -0.39 is 0 Å². The predicted molar refractivity (Wildman–Crippen MR) is 125 cm³/mol. The van der Waals surface area contributed by atoms with Gasteiger partial charge in [-0.05, 0) is 58.5 Å². The van der Waals surface area contributed by atoms with E-state index in [0.29, 0.717) is 17.3 Å². The van der Waals surface area contributed by atoms with Crippen LogP contribution in [-0.2, 0) is 4.79 Å². The molecule has 0 radical (unpaired) electrons. The van der Waals surface area contributed by atoms with Gasteiger partial charge in [0.05, 0.1) is 11.7 Å². The summed E-state index contributed by atoms with van der Waals surface area (Å²) in [5.74, 6) is 0.587. The summed E-state index contributed by atoms with van der Waals surface area (Å²) in [6.45, 7) is 4.12. The average Bonchev–Trinajstić information content (AvgIpc) is 3.47. The molecule has 0 bridgehead atoms. The molecule has 0 spiro atoms. The van der Waals surface area contributed by atoms with Crippen LogP contribution in [0.25, 0.3) is 5.69 Å². The molecule has 0 fully saturated rings. The van der Waals surface area contributed by atoms with Gasteiger partial charge in [0.2, 0.25) is 11.1 Å². The van der Waals surface area contributed by atoms with Crippen molar-refractivity contribution in [1.29, 1.82) is 0 Å². The molecule has 8 heteroatoms. The molecule has 0 aliphatic heterocycles. The molecule has 2 aromatic heterocycles. The molecule has 1 unspecified atom stereocenters. The summed E-state index contributed by atoms with van der Waals surface area (Å²) >= 11 is 3.12. The highest BCUT2D eigenvalue weighted by Gasteiger charge is 2.18. The molecule has 1 atom stereocenters. The summed E-state index contributed by atoms with van der Waals surface area (Å²) in [6, 6.07) is 20.0. The van der Waals surface area contributed by atoms with Crippen LogP contribution in [0.4, 0.5) is 0 Å². The smallest absolute Gasteiger partial charge is 0.221 e. The number of carbonyl (C=O) groups excluding carboxylic acids is 1. The maximum absolute atomic E-state index is 12.7. The molecule has 0 aliphatic carbocycles. The summed E-state index contributed by atoms with van der Waals surface area (Å²) < 4.78 is 1.74. The topological polar surface area (TPSA) is 72.7 Å². The van der Waals surface area contributed by atoms with Crippen molar-refractivity contribution >= 4 is 29.0 Å². The second-order valence-corrected chi connectivity index (χ2v) is 9.16. The number of carbonyl (C=O) groups is 1. The number of amides is 1. The highest BCUT2D eigenvalue weighted by Crippen LogP contribution is 2.27. The Morgan fingerprint density at radius 1 is 1.10 bits per heavy atom. The van der Waals surface area contributed by atoms with Crippen molar-refractivity contribution in [2.45, 2.75) is 31.5 Å². The standard InChI is InChI=1S/C23H23N5OS2/c1-16-8-6-11-19(17(16)2)28-23(25-26-27-28)31-15-13-21(29)24-22(20-12-7-14-30-20)18-9-4-3-5-10-18/h3-12,14,22H,13,15H2,1-2H3,(H,24,29). The fourth-order valence-corrected chi connectivity index (χ4v) is 4.90. The first-order chi connectivity index (χ1) is 15.1. The molecule has 4 rings (SSSR count). The lowest BCUT2D eigenvalue weighted by Crippen LogP contribution is -2.29. The lowest BCUT2D eigenvalue weighted by atomic mass is 10.1. The first-order valence-corrected chi connectivity index (χ1v) is 11.9. The fraction of sp³-hybridized carbons (Fsp3) is 0.217. The molecule has 158 valence electrons. The van der Waals surface area contributed by atoms with E-state index >= 15 is 0 Å². The van der Waals surface area contributed by atoms with E-state index in [0.717, 1.165) is 21.7 Å². The van der Waals surface area contributed by atoms with Crippen LogP contribution in [0, 0.1) is 13.8 Å². The minimum Gasteiger partial charge on any atom is -0.344 e. The van der Waals surface area contributed by atoms with Crippen molar-refractivity contribution in [3.05, 3.63) is 87.6 Å². The van der Waals surface area contributed by atoms with Crippen LogP contribution in [0.3, 0.4) is 0 Å². The number of benzene rings is 2. The Kier molecular flexibility index (Phi) is 6.79. The second-order valence-electron chi connectivity index (χ2n) is 7.12. The van der Waals surface area contributed by atoms with Crippen LogP contribution in [0.1, 0.15) is 34.0 Å². The Morgan fingerprint density at radius 3 is 2.71 bits per heavy atom. The maximum Gasteiger partial charge on any atom is 0.221 e. The third kappa shape index (κ3) is 5.03. The zero-order valence-electron chi connectivity index (χ0n) is 17.4. The van der Waals surface area contributed by atoms with Crippen molar-refractivity contribution in [2.24, 2.45) is 0 Å². The number of thiophene rings is 1. The fourth-order valence-electron chi connectivity index (χ4n) is 3.27. The molecule has 6 nitrogen and oxygen atoms in total. The van der Waals surface area contributed by atoms with Gasteiger partial charge in [-0.15, -0.1) is 16.4 Å². The third-order valence-electron chi connectivity index (χ3n) is 5.07. The molecular weight excluding hydrogens is 426 g/mol. The van der Waals surface area contributed by atoms with Gasteiger partial charge in [0, 0.05) is 17.1 Å². The Balaban J connectivity index is 1.40.